The number of ether oxygens (including phenoxy) is 1. The van der Waals surface area contributed by atoms with Crippen LogP contribution in [0.15, 0.2) is 41.3 Å². The maximum Gasteiger partial charge on any atom is 0.277 e. The van der Waals surface area contributed by atoms with E-state index in [1.54, 1.807) is 4.57 Å². The molecule has 1 aromatic carbocycles. The molecule has 1 atom stereocenters. The maximum absolute atomic E-state index is 13.9. The third-order valence-corrected chi connectivity index (χ3v) is 7.14. The van der Waals surface area contributed by atoms with E-state index < -0.39 is 0 Å². The Balaban J connectivity index is 1.47. The number of hydrogen-bond acceptors (Lipinski definition) is 6. The molecule has 0 saturated carbocycles. The van der Waals surface area contributed by atoms with Crippen LogP contribution < -0.4 is 20.9 Å². The quantitative estimate of drug-likeness (QED) is 0.450. The number of benzene rings is 1. The first kappa shape index (κ1) is 22.6. The number of piperidine rings is 1. The zero-order chi connectivity index (χ0) is 24.6. The lowest BCUT2D eigenvalue weighted by molar-refractivity contribution is 0.288. The van der Waals surface area contributed by atoms with Gasteiger partial charge in [0.25, 0.3) is 5.56 Å². The number of fused-ring (bicyclic) bond motifs is 4. The molecule has 0 spiro atoms. The summed E-state index contributed by atoms with van der Waals surface area (Å²) in [6.07, 6.45) is 5.67. The van der Waals surface area contributed by atoms with Crippen LogP contribution >= 0.6 is 0 Å². The van der Waals surface area contributed by atoms with Crippen molar-refractivity contribution in [1.82, 2.24) is 19.1 Å². The first-order chi connectivity index (χ1) is 17.6. The van der Waals surface area contributed by atoms with Gasteiger partial charge in [-0.25, -0.2) is 4.98 Å². The molecule has 0 radical (unpaired) electrons. The Kier molecular flexibility index (Phi) is 5.86. The minimum Gasteiger partial charge on any atom is -0.491 e. The topological polar surface area (TPSA) is 91.2 Å². The minimum absolute atomic E-state index is 0.0923. The summed E-state index contributed by atoms with van der Waals surface area (Å²) in [5.41, 5.74) is 9.25. The second-order valence-corrected chi connectivity index (χ2v) is 9.59. The molecule has 1 saturated heterocycles. The normalized spacial score (nSPS) is 17.5. The molecule has 1 unspecified atom stereocenters. The van der Waals surface area contributed by atoms with Crippen molar-refractivity contribution in [2.45, 2.75) is 51.7 Å². The van der Waals surface area contributed by atoms with E-state index in [1.807, 2.05) is 35.9 Å². The Labute approximate surface area is 209 Å². The molecule has 2 aliphatic rings. The molecule has 8 heteroatoms. The zero-order valence-corrected chi connectivity index (χ0v) is 20.5. The predicted molar refractivity (Wildman–Crippen MR) is 142 cm³/mol. The highest BCUT2D eigenvalue weighted by Crippen LogP contribution is 2.34. The number of aryl methyl sites for hydroxylation is 1. The average Bonchev–Trinajstić information content (AvgIpc) is 3.28. The summed E-state index contributed by atoms with van der Waals surface area (Å²) in [4.78, 5) is 25.9. The van der Waals surface area contributed by atoms with Gasteiger partial charge in [0.1, 0.15) is 11.3 Å². The Morgan fingerprint density at radius 1 is 1.17 bits per heavy atom. The van der Waals surface area contributed by atoms with Crippen LogP contribution in [-0.4, -0.2) is 44.8 Å². The van der Waals surface area contributed by atoms with Crippen LogP contribution in [0.3, 0.4) is 0 Å². The van der Waals surface area contributed by atoms with Crippen molar-refractivity contribution in [2.24, 2.45) is 5.73 Å². The SMILES string of the molecule is CC#CCn1c(N2CCCC(N)C2)nc2ccn(Cc3nc4c(c5ccccc35)OCCC4)c(=O)c21. The molecule has 4 aromatic rings. The van der Waals surface area contributed by atoms with Crippen LogP contribution in [0.5, 0.6) is 5.75 Å². The lowest BCUT2D eigenvalue weighted by Crippen LogP contribution is -2.44. The summed E-state index contributed by atoms with van der Waals surface area (Å²) < 4.78 is 9.66. The van der Waals surface area contributed by atoms with Crippen molar-refractivity contribution in [3.8, 4) is 17.6 Å². The van der Waals surface area contributed by atoms with Gasteiger partial charge in [-0.15, -0.1) is 5.92 Å². The van der Waals surface area contributed by atoms with E-state index in [2.05, 4.69) is 28.9 Å². The lowest BCUT2D eigenvalue weighted by Gasteiger charge is -2.31. The molecule has 36 heavy (non-hydrogen) atoms. The number of imidazole rings is 1. The summed E-state index contributed by atoms with van der Waals surface area (Å²) in [6, 6.07) is 10.2. The van der Waals surface area contributed by atoms with E-state index >= 15 is 0 Å². The number of anilines is 1. The minimum atomic E-state index is -0.0923. The monoisotopic (exact) mass is 482 g/mol. The van der Waals surface area contributed by atoms with Gasteiger partial charge in [0.15, 0.2) is 0 Å². The number of nitrogens with zero attached hydrogens (tertiary/aromatic N) is 5. The molecule has 2 aliphatic heterocycles. The molecule has 6 rings (SSSR count). The average molecular weight is 483 g/mol. The number of rotatable bonds is 4. The molecule has 3 aromatic heterocycles. The lowest BCUT2D eigenvalue weighted by atomic mass is 10.0. The van der Waals surface area contributed by atoms with Crippen molar-refractivity contribution < 1.29 is 4.74 Å². The summed E-state index contributed by atoms with van der Waals surface area (Å²) >= 11 is 0. The van der Waals surface area contributed by atoms with E-state index in [0.717, 1.165) is 72.6 Å². The second kappa shape index (κ2) is 9.32. The van der Waals surface area contributed by atoms with Gasteiger partial charge in [0.2, 0.25) is 5.95 Å². The van der Waals surface area contributed by atoms with Gasteiger partial charge in [-0.05, 0) is 38.7 Å². The van der Waals surface area contributed by atoms with Gasteiger partial charge in [0.05, 0.1) is 36.6 Å². The van der Waals surface area contributed by atoms with Crippen molar-refractivity contribution in [1.29, 1.82) is 0 Å². The number of aromatic nitrogens is 4. The van der Waals surface area contributed by atoms with Crippen molar-refractivity contribution in [3.63, 3.8) is 0 Å². The van der Waals surface area contributed by atoms with E-state index in [4.69, 9.17) is 20.4 Å². The molecule has 8 nitrogen and oxygen atoms in total. The van der Waals surface area contributed by atoms with Gasteiger partial charge in [-0.2, -0.15) is 0 Å². The van der Waals surface area contributed by atoms with Crippen LogP contribution in [0.2, 0.25) is 0 Å². The standard InChI is InChI=1S/C28H30N6O2/c1-2-3-14-34-25-22(31-28(34)33-13-6-8-19(29)17-33)12-15-32(27(25)35)18-24-20-9-4-5-10-21(20)26-23(30-24)11-7-16-36-26/h4-5,9-10,12,15,19H,6-8,11,13-14,16-18,29H2,1H3. The van der Waals surface area contributed by atoms with E-state index in [-0.39, 0.29) is 11.6 Å². The Hall–Kier alpha value is -3.83. The molecule has 0 bridgehead atoms. The highest BCUT2D eigenvalue weighted by Gasteiger charge is 2.24. The fourth-order valence-corrected chi connectivity index (χ4v) is 5.42. The summed E-state index contributed by atoms with van der Waals surface area (Å²) in [5.74, 6) is 7.74. The van der Waals surface area contributed by atoms with Crippen LogP contribution in [0.1, 0.15) is 37.6 Å². The van der Waals surface area contributed by atoms with E-state index in [0.29, 0.717) is 30.7 Å². The first-order valence-electron chi connectivity index (χ1n) is 12.7. The van der Waals surface area contributed by atoms with Gasteiger partial charge in [0, 0.05) is 36.1 Å². The highest BCUT2D eigenvalue weighted by atomic mass is 16.5. The van der Waals surface area contributed by atoms with E-state index in [1.165, 1.54) is 0 Å². The van der Waals surface area contributed by atoms with E-state index in [9.17, 15) is 4.79 Å². The van der Waals surface area contributed by atoms with Gasteiger partial charge >= 0.3 is 0 Å². The van der Waals surface area contributed by atoms with Crippen LogP contribution in [-0.2, 0) is 19.5 Å². The molecule has 0 amide bonds. The number of pyridine rings is 2. The Morgan fingerprint density at radius 2 is 2.03 bits per heavy atom. The van der Waals surface area contributed by atoms with Gasteiger partial charge < -0.3 is 19.9 Å². The summed E-state index contributed by atoms with van der Waals surface area (Å²) in [5, 5.41) is 2.07. The zero-order valence-electron chi connectivity index (χ0n) is 20.5. The van der Waals surface area contributed by atoms with Crippen LogP contribution in [0.4, 0.5) is 5.95 Å². The fraction of sp³-hybridized carbons (Fsp3) is 0.393. The Morgan fingerprint density at radius 3 is 2.86 bits per heavy atom. The van der Waals surface area contributed by atoms with Gasteiger partial charge in [-0.3, -0.25) is 14.3 Å². The van der Waals surface area contributed by atoms with Crippen molar-refractivity contribution in [3.05, 3.63) is 58.3 Å². The second-order valence-electron chi connectivity index (χ2n) is 9.59. The summed E-state index contributed by atoms with van der Waals surface area (Å²) in [6.45, 7) is 4.90. The smallest absolute Gasteiger partial charge is 0.277 e. The Bertz CT molecular complexity index is 1570. The van der Waals surface area contributed by atoms with Crippen LogP contribution in [0, 0.1) is 11.8 Å². The predicted octanol–water partition coefficient (Wildman–Crippen LogP) is 3.07. The molecule has 2 N–H and O–H groups in total. The number of hydrogen-bond donors (Lipinski definition) is 1. The third-order valence-electron chi connectivity index (χ3n) is 7.14. The van der Waals surface area contributed by atoms with Crippen molar-refractivity contribution in [2.75, 3.05) is 24.6 Å². The largest absolute Gasteiger partial charge is 0.491 e. The maximum atomic E-state index is 13.9. The van der Waals surface area contributed by atoms with Crippen molar-refractivity contribution >= 4 is 27.8 Å². The molecule has 184 valence electrons. The molecular formula is C28H30N6O2. The molecule has 5 heterocycles. The van der Waals surface area contributed by atoms with Crippen LogP contribution in [0.25, 0.3) is 21.8 Å². The molecular weight excluding hydrogens is 452 g/mol. The fourth-order valence-electron chi connectivity index (χ4n) is 5.42. The molecule has 0 aliphatic carbocycles. The molecule has 1 fully saturated rings. The first-order valence-corrected chi connectivity index (χ1v) is 12.7. The third kappa shape index (κ3) is 3.90. The summed E-state index contributed by atoms with van der Waals surface area (Å²) in [7, 11) is 0. The van der Waals surface area contributed by atoms with Gasteiger partial charge in [-0.1, -0.05) is 30.2 Å². The highest BCUT2D eigenvalue weighted by molar-refractivity contribution is 5.91. The number of nitrogens with two attached hydrogens (primary N) is 1.